The number of ketones is 1. The molecule has 0 saturated heterocycles. The van der Waals surface area contributed by atoms with Crippen molar-refractivity contribution in [2.75, 3.05) is 6.26 Å². The molecule has 0 atom stereocenters. The Morgan fingerprint density at radius 3 is 2.04 bits per heavy atom. The Hall–Kier alpha value is -2.40. The number of carbonyl (C=O) groups excluding carboxylic acids is 1. The molecule has 0 aromatic heterocycles. The number of benzene rings is 2. The molecule has 0 radical (unpaired) electrons. The molecule has 4 nitrogen and oxygen atoms in total. The summed E-state index contributed by atoms with van der Waals surface area (Å²) >= 11 is 0. The van der Waals surface area contributed by atoms with Crippen molar-refractivity contribution < 1.29 is 18.3 Å². The van der Waals surface area contributed by atoms with Crippen LogP contribution in [0.5, 0.6) is 5.75 Å². The fourth-order valence-electron chi connectivity index (χ4n) is 2.22. The Labute approximate surface area is 136 Å². The van der Waals surface area contributed by atoms with Gasteiger partial charge in [-0.1, -0.05) is 6.08 Å². The van der Waals surface area contributed by atoms with Gasteiger partial charge >= 0.3 is 0 Å². The van der Waals surface area contributed by atoms with Gasteiger partial charge in [-0.15, -0.1) is 0 Å². The largest absolute Gasteiger partial charge is 0.507 e. The summed E-state index contributed by atoms with van der Waals surface area (Å²) in [6.45, 7) is 3.59. The fourth-order valence-corrected chi connectivity index (χ4v) is 2.85. The first-order valence-corrected chi connectivity index (χ1v) is 8.90. The first-order valence-electron chi connectivity index (χ1n) is 7.01. The molecule has 0 amide bonds. The molecule has 1 N–H and O–H groups in total. The number of aryl methyl sites for hydroxylation is 2. The van der Waals surface area contributed by atoms with Crippen molar-refractivity contribution in [1.29, 1.82) is 0 Å². The molecule has 120 valence electrons. The molecule has 2 aromatic carbocycles. The lowest BCUT2D eigenvalue weighted by Crippen LogP contribution is -1.99. The van der Waals surface area contributed by atoms with Crippen molar-refractivity contribution in [3.05, 3.63) is 64.7 Å². The molecule has 2 aromatic rings. The van der Waals surface area contributed by atoms with E-state index in [1.54, 1.807) is 32.1 Å². The van der Waals surface area contributed by atoms with Crippen molar-refractivity contribution >= 4 is 21.7 Å². The summed E-state index contributed by atoms with van der Waals surface area (Å²) in [4.78, 5) is 12.3. The van der Waals surface area contributed by atoms with Crippen LogP contribution in [0.3, 0.4) is 0 Å². The van der Waals surface area contributed by atoms with Crippen LogP contribution in [0.25, 0.3) is 6.08 Å². The molecule has 0 bridgehead atoms. The minimum absolute atomic E-state index is 0.183. The second-order valence-corrected chi connectivity index (χ2v) is 7.51. The zero-order valence-electron chi connectivity index (χ0n) is 13.2. The number of carbonyl (C=O) groups is 1. The number of rotatable bonds is 4. The van der Waals surface area contributed by atoms with Gasteiger partial charge in [0.05, 0.1) is 4.90 Å². The van der Waals surface area contributed by atoms with Crippen LogP contribution in [-0.2, 0) is 9.84 Å². The monoisotopic (exact) mass is 330 g/mol. The van der Waals surface area contributed by atoms with E-state index in [1.807, 2.05) is 0 Å². The van der Waals surface area contributed by atoms with E-state index < -0.39 is 9.84 Å². The Bertz CT molecular complexity index is 853. The Morgan fingerprint density at radius 2 is 1.57 bits per heavy atom. The molecule has 0 fully saturated rings. The van der Waals surface area contributed by atoms with Crippen LogP contribution in [0.2, 0.25) is 0 Å². The minimum atomic E-state index is -3.27. The number of phenols is 1. The molecular weight excluding hydrogens is 312 g/mol. The second-order valence-electron chi connectivity index (χ2n) is 5.50. The minimum Gasteiger partial charge on any atom is -0.507 e. The highest BCUT2D eigenvalue weighted by Gasteiger charge is 2.08. The van der Waals surface area contributed by atoms with Crippen molar-refractivity contribution in [1.82, 2.24) is 0 Å². The molecule has 2 rings (SSSR count). The lowest BCUT2D eigenvalue weighted by atomic mass is 10.0. The third-order valence-corrected chi connectivity index (χ3v) is 4.64. The summed E-state index contributed by atoms with van der Waals surface area (Å²) in [7, 11) is -3.27. The van der Waals surface area contributed by atoms with Gasteiger partial charge in [0.1, 0.15) is 5.75 Å². The SMILES string of the molecule is Cc1cc(/C=C/C(=O)c2ccc(S(C)(=O)=O)cc2)cc(C)c1O. The van der Waals surface area contributed by atoms with E-state index in [0.29, 0.717) is 5.56 Å². The lowest BCUT2D eigenvalue weighted by molar-refractivity contribution is 0.104. The van der Waals surface area contributed by atoms with Gasteiger partial charge in [-0.05, 0) is 73.0 Å². The van der Waals surface area contributed by atoms with Crippen LogP contribution in [0.4, 0.5) is 0 Å². The standard InChI is InChI=1S/C18H18O4S/c1-12-10-14(11-13(2)18(12)20)4-9-17(19)15-5-7-16(8-6-15)23(3,21)22/h4-11,20H,1-3H3/b9-4+. The summed E-state index contributed by atoms with van der Waals surface area (Å²) < 4.78 is 22.8. The van der Waals surface area contributed by atoms with Crippen molar-refractivity contribution in [3.63, 3.8) is 0 Å². The van der Waals surface area contributed by atoms with E-state index in [0.717, 1.165) is 22.9 Å². The molecule has 0 aliphatic carbocycles. The predicted molar refractivity (Wildman–Crippen MR) is 90.5 cm³/mol. The first-order chi connectivity index (χ1) is 10.7. The second kappa shape index (κ2) is 6.38. The quantitative estimate of drug-likeness (QED) is 0.689. The van der Waals surface area contributed by atoms with Gasteiger partial charge in [0.25, 0.3) is 0 Å². The average Bonchev–Trinajstić information content (AvgIpc) is 2.49. The van der Waals surface area contributed by atoms with Crippen LogP contribution in [-0.4, -0.2) is 25.6 Å². The molecule has 0 aliphatic heterocycles. The summed E-state index contributed by atoms with van der Waals surface area (Å²) in [6, 6.07) is 9.42. The van der Waals surface area contributed by atoms with Gasteiger partial charge in [-0.3, -0.25) is 4.79 Å². The van der Waals surface area contributed by atoms with Gasteiger partial charge in [0.15, 0.2) is 15.6 Å². The zero-order valence-corrected chi connectivity index (χ0v) is 14.0. The summed E-state index contributed by atoms with van der Waals surface area (Å²) in [6.07, 6.45) is 4.23. The van der Waals surface area contributed by atoms with Crippen LogP contribution >= 0.6 is 0 Å². The summed E-state index contributed by atoms with van der Waals surface area (Å²) in [5, 5.41) is 9.74. The van der Waals surface area contributed by atoms with Crippen molar-refractivity contribution in [3.8, 4) is 5.75 Å². The lowest BCUT2D eigenvalue weighted by Gasteiger charge is -2.04. The van der Waals surface area contributed by atoms with Crippen molar-refractivity contribution in [2.24, 2.45) is 0 Å². The van der Waals surface area contributed by atoms with Crippen molar-refractivity contribution in [2.45, 2.75) is 18.7 Å². The van der Waals surface area contributed by atoms with E-state index in [1.165, 1.54) is 30.3 Å². The van der Waals surface area contributed by atoms with Gasteiger partial charge in [0, 0.05) is 11.8 Å². The maximum Gasteiger partial charge on any atom is 0.185 e. The summed E-state index contributed by atoms with van der Waals surface area (Å²) in [5.74, 6) is 0.0401. The van der Waals surface area contributed by atoms with Gasteiger partial charge in [0.2, 0.25) is 0 Å². The zero-order chi connectivity index (χ0) is 17.2. The highest BCUT2D eigenvalue weighted by Crippen LogP contribution is 2.23. The Balaban J connectivity index is 2.22. The van der Waals surface area contributed by atoms with E-state index in [9.17, 15) is 18.3 Å². The fraction of sp³-hybridized carbons (Fsp3) is 0.167. The molecule has 0 saturated carbocycles. The Kier molecular flexibility index (Phi) is 4.71. The number of hydrogen-bond acceptors (Lipinski definition) is 4. The normalized spacial score (nSPS) is 11.8. The molecule has 5 heteroatoms. The smallest absolute Gasteiger partial charge is 0.185 e. The predicted octanol–water partition coefficient (Wildman–Crippen LogP) is 3.31. The molecule has 0 spiro atoms. The molecule has 23 heavy (non-hydrogen) atoms. The van der Waals surface area contributed by atoms with E-state index in [-0.39, 0.29) is 16.4 Å². The third kappa shape index (κ3) is 4.07. The number of aromatic hydroxyl groups is 1. The molecule has 0 unspecified atom stereocenters. The molecule has 0 aliphatic rings. The van der Waals surface area contributed by atoms with Gasteiger partial charge in [-0.2, -0.15) is 0 Å². The van der Waals surface area contributed by atoms with Gasteiger partial charge < -0.3 is 5.11 Å². The summed E-state index contributed by atoms with van der Waals surface area (Å²) in [5.41, 5.74) is 2.73. The third-order valence-electron chi connectivity index (χ3n) is 3.51. The topological polar surface area (TPSA) is 71.4 Å². The Morgan fingerprint density at radius 1 is 1.04 bits per heavy atom. The molecular formula is C18H18O4S. The number of phenolic OH excluding ortho intramolecular Hbond substituents is 1. The highest BCUT2D eigenvalue weighted by atomic mass is 32.2. The van der Waals surface area contributed by atoms with Gasteiger partial charge in [-0.25, -0.2) is 8.42 Å². The maximum absolute atomic E-state index is 12.1. The van der Waals surface area contributed by atoms with Crippen LogP contribution in [0, 0.1) is 13.8 Å². The van der Waals surface area contributed by atoms with E-state index in [2.05, 4.69) is 0 Å². The number of hydrogen-bond donors (Lipinski definition) is 1. The number of allylic oxidation sites excluding steroid dienone is 1. The first kappa shape index (κ1) is 17.0. The van der Waals surface area contributed by atoms with Crippen LogP contribution in [0.1, 0.15) is 27.0 Å². The van der Waals surface area contributed by atoms with E-state index in [4.69, 9.17) is 0 Å². The average molecular weight is 330 g/mol. The molecule has 0 heterocycles. The van der Waals surface area contributed by atoms with Crippen LogP contribution in [0.15, 0.2) is 47.4 Å². The maximum atomic E-state index is 12.1. The highest BCUT2D eigenvalue weighted by molar-refractivity contribution is 7.90. The van der Waals surface area contributed by atoms with E-state index >= 15 is 0 Å². The number of sulfone groups is 1. The van der Waals surface area contributed by atoms with Crippen LogP contribution < -0.4 is 0 Å².